The van der Waals surface area contributed by atoms with E-state index in [4.69, 9.17) is 28.9 Å². The molecule has 0 aliphatic rings. The SMILES string of the molecule is NNc1c(SCc2c(F)cc(Cl)cc2F)cc(N)nc1N. The van der Waals surface area contributed by atoms with Crippen LogP contribution >= 0.6 is 23.4 Å². The maximum Gasteiger partial charge on any atom is 0.151 e. The lowest BCUT2D eigenvalue weighted by molar-refractivity contribution is 0.566. The van der Waals surface area contributed by atoms with Gasteiger partial charge in [-0.05, 0) is 18.2 Å². The molecule has 0 fully saturated rings. The van der Waals surface area contributed by atoms with Crippen molar-refractivity contribution in [1.82, 2.24) is 4.98 Å². The lowest BCUT2D eigenvalue weighted by Gasteiger charge is -2.12. The predicted octanol–water partition coefficient (Wildman–Crippen LogP) is 2.76. The van der Waals surface area contributed by atoms with Gasteiger partial charge < -0.3 is 16.9 Å². The molecule has 0 spiro atoms. The molecule has 112 valence electrons. The first-order chi connectivity index (χ1) is 9.92. The van der Waals surface area contributed by atoms with Crippen LogP contribution in [0.1, 0.15) is 5.56 Å². The Morgan fingerprint density at radius 1 is 1.19 bits per heavy atom. The normalized spacial score (nSPS) is 10.7. The number of anilines is 3. The maximum atomic E-state index is 13.7. The number of aromatic nitrogens is 1. The molecule has 0 bridgehead atoms. The van der Waals surface area contributed by atoms with Crippen LogP contribution < -0.4 is 22.7 Å². The van der Waals surface area contributed by atoms with Crippen LogP contribution in [0.4, 0.5) is 26.1 Å². The molecular weight excluding hydrogens is 320 g/mol. The summed E-state index contributed by atoms with van der Waals surface area (Å²) in [6, 6.07) is 3.62. The molecular formula is C12H12ClF2N5S. The molecule has 0 atom stereocenters. The highest BCUT2D eigenvalue weighted by molar-refractivity contribution is 7.98. The monoisotopic (exact) mass is 331 g/mol. The van der Waals surface area contributed by atoms with Gasteiger partial charge in [-0.1, -0.05) is 11.6 Å². The van der Waals surface area contributed by atoms with E-state index in [0.29, 0.717) is 10.6 Å². The van der Waals surface area contributed by atoms with Crippen LogP contribution in [0, 0.1) is 11.6 Å². The topological polar surface area (TPSA) is 103 Å². The van der Waals surface area contributed by atoms with Gasteiger partial charge in [-0.2, -0.15) is 0 Å². The number of hydrogen-bond acceptors (Lipinski definition) is 6. The summed E-state index contributed by atoms with van der Waals surface area (Å²) in [4.78, 5) is 4.38. The molecule has 0 saturated heterocycles. The third-order valence-corrected chi connectivity index (χ3v) is 3.94. The summed E-state index contributed by atoms with van der Waals surface area (Å²) in [5, 5.41) is 0.000430. The summed E-state index contributed by atoms with van der Waals surface area (Å²) in [6.45, 7) is 0. The lowest BCUT2D eigenvalue weighted by Crippen LogP contribution is -2.12. The molecule has 5 nitrogen and oxygen atoms in total. The van der Waals surface area contributed by atoms with Gasteiger partial charge >= 0.3 is 0 Å². The third kappa shape index (κ3) is 3.46. The fourth-order valence-electron chi connectivity index (χ4n) is 1.68. The van der Waals surface area contributed by atoms with Gasteiger partial charge in [-0.25, -0.2) is 13.8 Å². The van der Waals surface area contributed by atoms with Crippen LogP contribution in [0.25, 0.3) is 0 Å². The molecule has 0 unspecified atom stereocenters. The highest BCUT2D eigenvalue weighted by atomic mass is 35.5. The Morgan fingerprint density at radius 3 is 2.38 bits per heavy atom. The minimum atomic E-state index is -0.718. The largest absolute Gasteiger partial charge is 0.384 e. The Labute approximate surface area is 128 Å². The number of thioether (sulfide) groups is 1. The summed E-state index contributed by atoms with van der Waals surface area (Å²) in [7, 11) is 0. The van der Waals surface area contributed by atoms with Gasteiger partial charge in [0.2, 0.25) is 0 Å². The zero-order chi connectivity index (χ0) is 15.6. The molecule has 0 aliphatic carbocycles. The third-order valence-electron chi connectivity index (χ3n) is 2.65. The minimum absolute atomic E-state index is 0.000430. The Bertz CT molecular complexity index is 660. The van der Waals surface area contributed by atoms with E-state index in [2.05, 4.69) is 10.4 Å². The Hall–Kier alpha value is -1.77. The molecule has 0 amide bonds. The molecule has 1 aromatic heterocycles. The van der Waals surface area contributed by atoms with Crippen LogP contribution in [-0.2, 0) is 5.75 Å². The average Bonchev–Trinajstić information content (AvgIpc) is 2.36. The van der Waals surface area contributed by atoms with Gasteiger partial charge in [-0.3, -0.25) is 5.84 Å². The van der Waals surface area contributed by atoms with Crippen LogP contribution in [0.15, 0.2) is 23.1 Å². The number of hydrazine groups is 1. The van der Waals surface area contributed by atoms with E-state index in [0.717, 1.165) is 23.9 Å². The number of nitrogens with one attached hydrogen (secondary N) is 1. The number of nitrogen functional groups attached to an aromatic ring is 3. The number of nitrogens with two attached hydrogens (primary N) is 3. The fourth-order valence-corrected chi connectivity index (χ4v) is 2.96. The van der Waals surface area contributed by atoms with Crippen molar-refractivity contribution in [1.29, 1.82) is 0 Å². The average molecular weight is 332 g/mol. The summed E-state index contributed by atoms with van der Waals surface area (Å²) in [6.07, 6.45) is 0. The van der Waals surface area contributed by atoms with Gasteiger partial charge in [0.1, 0.15) is 23.1 Å². The van der Waals surface area contributed by atoms with Crippen LogP contribution in [0.2, 0.25) is 5.02 Å². The molecule has 2 aromatic rings. The standard InChI is InChI=1S/C12H12ClF2N5S/c13-5-1-7(14)6(8(15)2-5)4-21-9-3-10(16)19-12(17)11(9)20-18/h1-3,20H,4,18H2,(H4,16,17,19). The highest BCUT2D eigenvalue weighted by Crippen LogP contribution is 2.35. The van der Waals surface area contributed by atoms with Crippen molar-refractivity contribution < 1.29 is 8.78 Å². The molecule has 0 aliphatic heterocycles. The quantitative estimate of drug-likeness (QED) is 0.390. The van der Waals surface area contributed by atoms with E-state index < -0.39 is 11.6 Å². The van der Waals surface area contributed by atoms with Crippen molar-refractivity contribution in [3.63, 3.8) is 0 Å². The van der Waals surface area contributed by atoms with Crippen molar-refractivity contribution in [2.24, 2.45) is 5.84 Å². The van der Waals surface area contributed by atoms with Crippen LogP contribution in [-0.4, -0.2) is 4.98 Å². The van der Waals surface area contributed by atoms with Crippen molar-refractivity contribution in [3.8, 4) is 0 Å². The van der Waals surface area contributed by atoms with E-state index in [1.54, 1.807) is 0 Å². The van der Waals surface area contributed by atoms with Crippen molar-refractivity contribution >= 4 is 40.7 Å². The second-order valence-corrected chi connectivity index (χ2v) is 5.54. The predicted molar refractivity (Wildman–Crippen MR) is 81.8 cm³/mol. The Morgan fingerprint density at radius 2 is 1.81 bits per heavy atom. The number of pyridine rings is 1. The van der Waals surface area contributed by atoms with Gasteiger partial charge in [0, 0.05) is 21.2 Å². The molecule has 7 N–H and O–H groups in total. The first-order valence-corrected chi connectivity index (χ1v) is 7.07. The Kier molecular flexibility index (Phi) is 4.71. The van der Waals surface area contributed by atoms with Crippen molar-refractivity contribution in [3.05, 3.63) is 40.4 Å². The molecule has 1 heterocycles. The molecule has 1 aromatic carbocycles. The van der Waals surface area contributed by atoms with E-state index in [-0.39, 0.29) is 28.0 Å². The number of nitrogens with zero attached hydrogens (tertiary/aromatic N) is 1. The summed E-state index contributed by atoms with van der Waals surface area (Å²) in [5.41, 5.74) is 13.9. The van der Waals surface area contributed by atoms with Gasteiger partial charge in [-0.15, -0.1) is 11.8 Å². The molecule has 9 heteroatoms. The lowest BCUT2D eigenvalue weighted by atomic mass is 10.2. The van der Waals surface area contributed by atoms with Gasteiger partial charge in [0.15, 0.2) is 5.82 Å². The first kappa shape index (κ1) is 15.6. The van der Waals surface area contributed by atoms with Crippen LogP contribution in [0.3, 0.4) is 0 Å². The maximum absolute atomic E-state index is 13.7. The van der Waals surface area contributed by atoms with E-state index >= 15 is 0 Å². The van der Waals surface area contributed by atoms with Gasteiger partial charge in [0.05, 0.1) is 0 Å². The summed E-state index contributed by atoms with van der Waals surface area (Å²) >= 11 is 6.70. The molecule has 2 rings (SSSR count). The molecule has 0 saturated carbocycles. The highest BCUT2D eigenvalue weighted by Gasteiger charge is 2.14. The van der Waals surface area contributed by atoms with E-state index in [9.17, 15) is 8.78 Å². The van der Waals surface area contributed by atoms with E-state index in [1.807, 2.05) is 0 Å². The first-order valence-electron chi connectivity index (χ1n) is 5.71. The Balaban J connectivity index is 2.29. The fraction of sp³-hybridized carbons (Fsp3) is 0.0833. The number of hydrogen-bond donors (Lipinski definition) is 4. The number of rotatable bonds is 4. The van der Waals surface area contributed by atoms with Crippen molar-refractivity contribution in [2.75, 3.05) is 16.9 Å². The van der Waals surface area contributed by atoms with Crippen molar-refractivity contribution in [2.45, 2.75) is 10.6 Å². The van der Waals surface area contributed by atoms with Crippen LogP contribution in [0.5, 0.6) is 0 Å². The summed E-state index contributed by atoms with van der Waals surface area (Å²) in [5.74, 6) is 4.24. The zero-order valence-corrected chi connectivity index (χ0v) is 12.2. The number of halogens is 3. The van der Waals surface area contributed by atoms with Gasteiger partial charge in [0.25, 0.3) is 0 Å². The zero-order valence-electron chi connectivity index (χ0n) is 10.7. The number of benzene rings is 1. The second kappa shape index (κ2) is 6.33. The smallest absolute Gasteiger partial charge is 0.151 e. The molecule has 0 radical (unpaired) electrons. The second-order valence-electron chi connectivity index (χ2n) is 4.09. The minimum Gasteiger partial charge on any atom is -0.384 e. The van der Waals surface area contributed by atoms with E-state index in [1.165, 1.54) is 6.07 Å². The molecule has 21 heavy (non-hydrogen) atoms. The summed E-state index contributed by atoms with van der Waals surface area (Å²) < 4.78 is 27.4.